The molecule has 6 aliphatic rings. The van der Waals surface area contributed by atoms with Gasteiger partial charge in [0, 0.05) is 44.3 Å². The Hall–Kier alpha value is -2.73. The second-order valence-electron chi connectivity index (χ2n) is 17.5. The van der Waals surface area contributed by atoms with Crippen molar-refractivity contribution in [2.24, 2.45) is 34.8 Å². The summed E-state index contributed by atoms with van der Waals surface area (Å²) in [5.41, 5.74) is 5.61. The Morgan fingerprint density at radius 3 is 2.18 bits per heavy atom. The summed E-state index contributed by atoms with van der Waals surface area (Å²) in [4.78, 5) is 72.6. The van der Waals surface area contributed by atoms with Crippen LogP contribution in [0.25, 0.3) is 0 Å². The predicted octanol–water partition coefficient (Wildman–Crippen LogP) is 2.79. The van der Waals surface area contributed by atoms with Gasteiger partial charge in [0.2, 0.25) is 17.6 Å². The van der Waals surface area contributed by atoms with E-state index in [1.807, 2.05) is 0 Å². The van der Waals surface area contributed by atoms with E-state index in [0.717, 1.165) is 71.1 Å². The van der Waals surface area contributed by atoms with E-state index < -0.39 is 29.7 Å². The minimum atomic E-state index is -1.06. The number of urea groups is 1. The second kappa shape index (κ2) is 15.5. The molecule has 4 saturated carbocycles. The summed E-state index contributed by atoms with van der Waals surface area (Å²) in [5, 5.41) is 8.98. The zero-order chi connectivity index (χ0) is 35.6. The normalized spacial score (nSPS) is 27.5. The molecule has 4 aliphatic carbocycles. The molecule has 5 amide bonds. The van der Waals surface area contributed by atoms with Crippen LogP contribution in [0.15, 0.2) is 0 Å². The minimum absolute atomic E-state index is 0.0120. The average molecular weight is 698 g/mol. The van der Waals surface area contributed by atoms with E-state index >= 15 is 0 Å². The van der Waals surface area contributed by atoms with Gasteiger partial charge < -0.3 is 26.6 Å². The van der Waals surface area contributed by atoms with E-state index in [2.05, 4.69) is 46.6 Å². The van der Waals surface area contributed by atoms with Crippen LogP contribution in [0.5, 0.6) is 0 Å². The van der Waals surface area contributed by atoms with E-state index in [1.165, 1.54) is 38.5 Å². The van der Waals surface area contributed by atoms with Gasteiger partial charge in [-0.25, -0.2) is 4.79 Å². The zero-order valence-corrected chi connectivity index (χ0v) is 30.9. The Balaban J connectivity index is 1.10. The topological polar surface area (TPSA) is 157 Å². The number of nitrogens with one attached hydrogen (secondary N) is 3. The van der Waals surface area contributed by atoms with Crippen LogP contribution in [0.4, 0.5) is 4.79 Å². The maximum absolute atomic E-state index is 13.9. The van der Waals surface area contributed by atoms with Crippen molar-refractivity contribution in [1.29, 1.82) is 0 Å². The highest BCUT2D eigenvalue weighted by atomic mass is 16.2. The van der Waals surface area contributed by atoms with Gasteiger partial charge in [-0.3, -0.25) is 29.0 Å². The highest BCUT2D eigenvalue weighted by Gasteiger charge is 2.51. The fourth-order valence-electron chi connectivity index (χ4n) is 9.71. The molecule has 0 radical (unpaired) electrons. The molecule has 2 saturated heterocycles. The minimum Gasteiger partial charge on any atom is -0.363 e. The predicted molar refractivity (Wildman–Crippen MR) is 191 cm³/mol. The molecule has 6 rings (SSSR count). The number of amides is 5. The van der Waals surface area contributed by atoms with Crippen LogP contribution in [0, 0.1) is 29.1 Å². The third-order valence-electron chi connectivity index (χ3n) is 14.1. The van der Waals surface area contributed by atoms with Gasteiger partial charge >= 0.3 is 6.03 Å². The molecule has 2 unspecified atom stereocenters. The van der Waals surface area contributed by atoms with Crippen LogP contribution in [0.3, 0.4) is 0 Å². The van der Waals surface area contributed by atoms with E-state index in [-0.39, 0.29) is 41.8 Å². The Morgan fingerprint density at radius 2 is 1.58 bits per heavy atom. The molecular weight excluding hydrogens is 634 g/mol. The molecule has 1 spiro atoms. The molecule has 5 N–H and O–H groups in total. The zero-order valence-electron chi connectivity index (χ0n) is 30.9. The molecule has 0 aromatic heterocycles. The quantitative estimate of drug-likeness (QED) is 0.204. The number of hydrogen-bond acceptors (Lipinski definition) is 7. The summed E-state index contributed by atoms with van der Waals surface area (Å²) in [6.07, 6.45) is 15.6. The number of ketones is 1. The number of carbonyl (C=O) groups is 5. The van der Waals surface area contributed by atoms with Gasteiger partial charge in [0.05, 0.1) is 12.6 Å². The number of likely N-dealkylation sites (N-methyl/N-ethyl adjacent to an activating group) is 1. The van der Waals surface area contributed by atoms with Crippen molar-refractivity contribution < 1.29 is 24.0 Å². The maximum atomic E-state index is 13.9. The number of carbonyl (C=O) groups excluding carboxylic acids is 5. The summed E-state index contributed by atoms with van der Waals surface area (Å²) in [5.74, 6) is -1.28. The molecule has 2 heterocycles. The number of nitrogens with zero attached hydrogens (tertiary/aromatic N) is 3. The fraction of sp³-hybridized carbons (Fsp3) is 0.868. The molecule has 12 nitrogen and oxygen atoms in total. The number of Topliss-reactive ketones (excluding diaryl/α,β-unsaturated/α-hetero) is 1. The van der Waals surface area contributed by atoms with Crippen LogP contribution < -0.4 is 21.7 Å². The fourth-order valence-corrected chi connectivity index (χ4v) is 9.71. The first-order valence-electron chi connectivity index (χ1n) is 19.8. The monoisotopic (exact) mass is 697 g/mol. The Labute approximate surface area is 298 Å². The summed E-state index contributed by atoms with van der Waals surface area (Å²) < 4.78 is 0. The van der Waals surface area contributed by atoms with E-state index in [0.29, 0.717) is 36.8 Å². The van der Waals surface area contributed by atoms with Crippen LogP contribution in [-0.4, -0.2) is 114 Å². The molecule has 0 aromatic carbocycles. The highest BCUT2D eigenvalue weighted by Crippen LogP contribution is 2.50. The number of rotatable bonds is 14. The lowest BCUT2D eigenvalue weighted by Crippen LogP contribution is -2.58. The van der Waals surface area contributed by atoms with Gasteiger partial charge in [-0.1, -0.05) is 58.8 Å². The molecule has 0 bridgehead atoms. The summed E-state index contributed by atoms with van der Waals surface area (Å²) in [7, 11) is 2.23. The first kappa shape index (κ1) is 37.0. The summed E-state index contributed by atoms with van der Waals surface area (Å²) in [6.45, 7) is 8.57. The molecule has 4 atom stereocenters. The average Bonchev–Trinajstić information content (AvgIpc) is 3.65. The maximum Gasteiger partial charge on any atom is 0.315 e. The smallest absolute Gasteiger partial charge is 0.315 e. The van der Waals surface area contributed by atoms with E-state index in [9.17, 15) is 24.0 Å². The van der Waals surface area contributed by atoms with Crippen molar-refractivity contribution in [3.8, 4) is 0 Å². The Bertz CT molecular complexity index is 1270. The second-order valence-corrected chi connectivity index (χ2v) is 17.5. The van der Waals surface area contributed by atoms with Crippen molar-refractivity contribution in [3.05, 3.63) is 0 Å². The molecule has 12 heteroatoms. The third kappa shape index (κ3) is 8.32. The van der Waals surface area contributed by atoms with Crippen LogP contribution in [0.2, 0.25) is 0 Å². The van der Waals surface area contributed by atoms with E-state index in [1.54, 1.807) is 4.90 Å². The number of primary amides is 1. The third-order valence-corrected chi connectivity index (χ3v) is 14.1. The lowest BCUT2D eigenvalue weighted by Gasteiger charge is -2.44. The van der Waals surface area contributed by atoms with Crippen LogP contribution in [0.1, 0.15) is 110 Å². The van der Waals surface area contributed by atoms with Crippen LogP contribution in [-0.2, 0) is 19.2 Å². The number of likely N-dealkylation sites (tertiary alicyclic amines) is 1. The van der Waals surface area contributed by atoms with Crippen molar-refractivity contribution in [2.45, 2.75) is 134 Å². The van der Waals surface area contributed by atoms with Crippen molar-refractivity contribution in [1.82, 2.24) is 30.7 Å². The van der Waals surface area contributed by atoms with Gasteiger partial charge in [-0.05, 0) is 87.5 Å². The number of hydrogen-bond donors (Lipinski definition) is 4. The Morgan fingerprint density at radius 1 is 0.880 bits per heavy atom. The van der Waals surface area contributed by atoms with Crippen molar-refractivity contribution in [2.75, 3.05) is 46.3 Å². The van der Waals surface area contributed by atoms with Gasteiger partial charge in [-0.15, -0.1) is 0 Å². The van der Waals surface area contributed by atoms with Crippen molar-refractivity contribution in [3.63, 3.8) is 0 Å². The molecule has 280 valence electrons. The Kier molecular flexibility index (Phi) is 11.5. The van der Waals surface area contributed by atoms with Gasteiger partial charge in [0.1, 0.15) is 6.04 Å². The lowest BCUT2D eigenvalue weighted by molar-refractivity contribution is -0.141. The molecular formula is C38H63N7O5. The van der Waals surface area contributed by atoms with Gasteiger partial charge in [-0.2, -0.15) is 0 Å². The SMILES string of the molecule is CN1CCN(C[C@@H](NC(=O)NCC(=O)N2CC(C(C)(C)C3CCC3)C[C@H]2C(=O)NC(CC2CCC2)C(=O)C(N)=O)C2CCCCC2)CC12CC2. The molecule has 0 aromatic rings. The van der Waals surface area contributed by atoms with Crippen molar-refractivity contribution >= 4 is 29.5 Å². The first-order valence-corrected chi connectivity index (χ1v) is 19.8. The lowest BCUT2D eigenvalue weighted by atomic mass is 9.61. The molecule has 6 fully saturated rings. The van der Waals surface area contributed by atoms with Gasteiger partial charge in [0.25, 0.3) is 5.91 Å². The highest BCUT2D eigenvalue weighted by molar-refractivity contribution is 6.37. The van der Waals surface area contributed by atoms with Gasteiger partial charge in [0.15, 0.2) is 0 Å². The standard InChI is InChI=1S/C38H63N7O5/c1-37(2,27-13-8-14-27)28-20-31(35(49)41-29(33(47)34(39)48)19-25-9-7-10-25)45(22-28)32(46)21-40-36(50)42-30(26-11-5-4-6-12-26)23-44-18-17-43(3)38(24-44)15-16-38/h25-31H,4-24H2,1-3H3,(H2,39,48)(H,41,49)(H2,40,42,50)/t28?,29?,30-,31+/m1/s1. The number of nitrogens with two attached hydrogens (primary N) is 1. The van der Waals surface area contributed by atoms with E-state index in [4.69, 9.17) is 5.73 Å². The largest absolute Gasteiger partial charge is 0.363 e. The summed E-state index contributed by atoms with van der Waals surface area (Å²) in [6, 6.07) is -2.11. The van der Waals surface area contributed by atoms with Crippen LogP contribution >= 0.6 is 0 Å². The number of piperazine rings is 1. The first-order chi connectivity index (χ1) is 23.9. The summed E-state index contributed by atoms with van der Waals surface area (Å²) >= 11 is 0. The molecule has 2 aliphatic heterocycles. The molecule has 50 heavy (non-hydrogen) atoms.